The molecule has 1 aromatic carbocycles. The molecule has 1 aromatic rings. The molecule has 1 aliphatic heterocycles. The first-order chi connectivity index (χ1) is 9.88. The number of aryl methyl sites for hydroxylation is 2. The van der Waals surface area contributed by atoms with E-state index >= 15 is 0 Å². The molecule has 0 bridgehead atoms. The predicted molar refractivity (Wildman–Crippen MR) is 78.3 cm³/mol. The summed E-state index contributed by atoms with van der Waals surface area (Å²) in [5.74, 6) is -1.33. The second-order valence-corrected chi connectivity index (χ2v) is 5.78. The molecule has 0 spiro atoms. The second-order valence-electron chi connectivity index (χ2n) is 5.37. The van der Waals surface area contributed by atoms with Crippen molar-refractivity contribution in [2.24, 2.45) is 0 Å². The molecule has 114 valence electrons. The van der Waals surface area contributed by atoms with Crippen LogP contribution in [-0.4, -0.2) is 45.7 Å². The summed E-state index contributed by atoms with van der Waals surface area (Å²) in [6.07, 6.45) is 0.0364. The first-order valence-electron chi connectivity index (χ1n) is 6.84. The number of carboxylic acids is 1. The topological polar surface area (TPSA) is 77.8 Å². The van der Waals surface area contributed by atoms with Crippen LogP contribution in [0.3, 0.4) is 0 Å². The van der Waals surface area contributed by atoms with Crippen molar-refractivity contribution in [3.63, 3.8) is 0 Å². The molecule has 0 unspecified atom stereocenters. The largest absolute Gasteiger partial charge is 0.480 e. The molecular formula is C15H18ClNO4. The van der Waals surface area contributed by atoms with E-state index in [1.165, 1.54) is 4.90 Å². The van der Waals surface area contributed by atoms with E-state index in [4.69, 9.17) is 16.7 Å². The van der Waals surface area contributed by atoms with E-state index in [-0.39, 0.29) is 25.3 Å². The Morgan fingerprint density at radius 1 is 1.43 bits per heavy atom. The Bertz CT molecular complexity index is 561. The van der Waals surface area contributed by atoms with Gasteiger partial charge in [0.15, 0.2) is 0 Å². The molecule has 1 fully saturated rings. The summed E-state index contributed by atoms with van der Waals surface area (Å²) in [5, 5.41) is 19.3. The number of aliphatic hydroxyl groups excluding tert-OH is 1. The lowest BCUT2D eigenvalue weighted by molar-refractivity contribution is -0.148. The highest BCUT2D eigenvalue weighted by molar-refractivity contribution is 6.31. The highest BCUT2D eigenvalue weighted by Gasteiger charge is 2.38. The smallest absolute Gasteiger partial charge is 0.326 e. The van der Waals surface area contributed by atoms with Gasteiger partial charge in [-0.05, 0) is 30.5 Å². The molecule has 2 N–H and O–H groups in total. The molecule has 0 aliphatic carbocycles. The zero-order valence-electron chi connectivity index (χ0n) is 11.8. The van der Waals surface area contributed by atoms with Crippen molar-refractivity contribution in [2.75, 3.05) is 6.54 Å². The highest BCUT2D eigenvalue weighted by Crippen LogP contribution is 2.21. The first-order valence-corrected chi connectivity index (χ1v) is 7.21. The summed E-state index contributed by atoms with van der Waals surface area (Å²) in [4.78, 5) is 24.5. The van der Waals surface area contributed by atoms with Crippen LogP contribution in [0.1, 0.15) is 24.0 Å². The van der Waals surface area contributed by atoms with Crippen LogP contribution in [0.2, 0.25) is 5.02 Å². The van der Waals surface area contributed by atoms with Crippen molar-refractivity contribution in [3.05, 3.63) is 34.3 Å². The standard InChI is InChI=1S/C15H18ClNO4/c1-9-2-3-10(6-12(9)16)4-5-14(19)17-8-11(18)7-13(17)15(20)21/h2-3,6,11,13,18H,4-5,7-8H2,1H3,(H,20,21)/t11-,13-/m1/s1. The number of carboxylic acid groups (broad SMARTS) is 1. The molecule has 1 saturated heterocycles. The van der Waals surface area contributed by atoms with Gasteiger partial charge in [0.05, 0.1) is 6.10 Å². The monoisotopic (exact) mass is 311 g/mol. The van der Waals surface area contributed by atoms with Crippen molar-refractivity contribution >= 4 is 23.5 Å². The average molecular weight is 312 g/mol. The second kappa shape index (κ2) is 6.45. The molecular weight excluding hydrogens is 294 g/mol. The summed E-state index contributed by atoms with van der Waals surface area (Å²) in [5.41, 5.74) is 1.91. The maximum absolute atomic E-state index is 12.1. The third-order valence-corrected chi connectivity index (χ3v) is 4.16. The molecule has 0 radical (unpaired) electrons. The Labute approximate surface area is 128 Å². The molecule has 5 nitrogen and oxygen atoms in total. The molecule has 2 rings (SSSR count). The summed E-state index contributed by atoms with van der Waals surface area (Å²) >= 11 is 6.03. The third-order valence-electron chi connectivity index (χ3n) is 3.75. The van der Waals surface area contributed by atoms with Crippen LogP contribution in [0.4, 0.5) is 0 Å². The van der Waals surface area contributed by atoms with Gasteiger partial charge >= 0.3 is 5.97 Å². The zero-order valence-corrected chi connectivity index (χ0v) is 12.5. The minimum atomic E-state index is -1.07. The zero-order chi connectivity index (χ0) is 15.6. The van der Waals surface area contributed by atoms with Crippen molar-refractivity contribution in [1.82, 2.24) is 4.90 Å². The van der Waals surface area contributed by atoms with Crippen LogP contribution < -0.4 is 0 Å². The molecule has 2 atom stereocenters. The minimum absolute atomic E-state index is 0.0878. The van der Waals surface area contributed by atoms with Gasteiger partial charge in [0, 0.05) is 24.4 Å². The van der Waals surface area contributed by atoms with Crippen molar-refractivity contribution in [1.29, 1.82) is 0 Å². The molecule has 21 heavy (non-hydrogen) atoms. The van der Waals surface area contributed by atoms with Crippen LogP contribution in [0.5, 0.6) is 0 Å². The SMILES string of the molecule is Cc1ccc(CCC(=O)N2C[C@H](O)C[C@@H]2C(=O)O)cc1Cl. The molecule has 1 aliphatic rings. The van der Waals surface area contributed by atoms with E-state index in [9.17, 15) is 14.7 Å². The lowest BCUT2D eigenvalue weighted by atomic mass is 10.1. The van der Waals surface area contributed by atoms with E-state index in [2.05, 4.69) is 0 Å². The van der Waals surface area contributed by atoms with Gasteiger partial charge in [-0.2, -0.15) is 0 Å². The van der Waals surface area contributed by atoms with Gasteiger partial charge in [0.1, 0.15) is 6.04 Å². The number of benzene rings is 1. The number of nitrogens with zero attached hydrogens (tertiary/aromatic N) is 1. The third kappa shape index (κ3) is 3.74. The Hall–Kier alpha value is -1.59. The maximum Gasteiger partial charge on any atom is 0.326 e. The Morgan fingerprint density at radius 3 is 2.76 bits per heavy atom. The molecule has 0 saturated carbocycles. The number of aliphatic hydroxyl groups is 1. The Balaban J connectivity index is 1.97. The number of aliphatic carboxylic acids is 1. The number of carbonyl (C=O) groups is 2. The number of hydrogen-bond acceptors (Lipinski definition) is 3. The lowest BCUT2D eigenvalue weighted by Crippen LogP contribution is -2.40. The van der Waals surface area contributed by atoms with Crippen LogP contribution in [0.15, 0.2) is 18.2 Å². The molecule has 1 heterocycles. The normalized spacial score (nSPS) is 21.6. The van der Waals surface area contributed by atoms with E-state index < -0.39 is 18.1 Å². The molecule has 0 aromatic heterocycles. The van der Waals surface area contributed by atoms with Gasteiger partial charge in [-0.25, -0.2) is 4.79 Å². The number of carbonyl (C=O) groups excluding carboxylic acids is 1. The fourth-order valence-electron chi connectivity index (χ4n) is 2.51. The number of hydrogen-bond donors (Lipinski definition) is 2. The van der Waals surface area contributed by atoms with Gasteiger partial charge in [-0.3, -0.25) is 4.79 Å². The fourth-order valence-corrected chi connectivity index (χ4v) is 2.71. The van der Waals surface area contributed by atoms with Crippen LogP contribution in [0.25, 0.3) is 0 Å². The summed E-state index contributed by atoms with van der Waals surface area (Å²) in [6, 6.07) is 4.69. The Morgan fingerprint density at radius 2 is 2.14 bits per heavy atom. The quantitative estimate of drug-likeness (QED) is 0.886. The van der Waals surface area contributed by atoms with Gasteiger partial charge < -0.3 is 15.1 Å². The summed E-state index contributed by atoms with van der Waals surface area (Å²) in [6.45, 7) is 1.99. The van der Waals surface area contributed by atoms with E-state index in [1.54, 1.807) is 0 Å². The van der Waals surface area contributed by atoms with Gasteiger partial charge in [0.25, 0.3) is 0 Å². The minimum Gasteiger partial charge on any atom is -0.480 e. The summed E-state index contributed by atoms with van der Waals surface area (Å²) in [7, 11) is 0. The first kappa shape index (κ1) is 15.8. The highest BCUT2D eigenvalue weighted by atomic mass is 35.5. The van der Waals surface area contributed by atoms with Gasteiger partial charge in [-0.1, -0.05) is 23.7 Å². The fraction of sp³-hybridized carbons (Fsp3) is 0.467. The van der Waals surface area contributed by atoms with Crippen LogP contribution in [0, 0.1) is 6.92 Å². The van der Waals surface area contributed by atoms with E-state index in [0.29, 0.717) is 11.4 Å². The Kier molecular flexibility index (Phi) is 4.85. The summed E-state index contributed by atoms with van der Waals surface area (Å²) < 4.78 is 0. The van der Waals surface area contributed by atoms with E-state index in [0.717, 1.165) is 11.1 Å². The number of amides is 1. The van der Waals surface area contributed by atoms with Crippen LogP contribution in [-0.2, 0) is 16.0 Å². The van der Waals surface area contributed by atoms with Gasteiger partial charge in [0.2, 0.25) is 5.91 Å². The maximum atomic E-state index is 12.1. The predicted octanol–water partition coefficient (Wildman–Crippen LogP) is 1.63. The van der Waals surface area contributed by atoms with Crippen molar-refractivity contribution in [3.8, 4) is 0 Å². The number of likely N-dealkylation sites (tertiary alicyclic amines) is 1. The number of halogens is 1. The molecule has 1 amide bonds. The number of β-amino-alcohol motifs (C(OH)–C–C–N with tert-alkyl or cyclic N) is 1. The van der Waals surface area contributed by atoms with Gasteiger partial charge in [-0.15, -0.1) is 0 Å². The molecule has 6 heteroatoms. The average Bonchev–Trinajstić information content (AvgIpc) is 2.82. The van der Waals surface area contributed by atoms with Crippen molar-refractivity contribution in [2.45, 2.75) is 38.3 Å². The van der Waals surface area contributed by atoms with Crippen molar-refractivity contribution < 1.29 is 19.8 Å². The van der Waals surface area contributed by atoms with E-state index in [1.807, 2.05) is 25.1 Å². The number of rotatable bonds is 4. The van der Waals surface area contributed by atoms with Crippen LogP contribution >= 0.6 is 11.6 Å². The lowest BCUT2D eigenvalue weighted by Gasteiger charge is -2.21.